The van der Waals surface area contributed by atoms with E-state index >= 15 is 0 Å². The molecule has 17 heavy (non-hydrogen) atoms. The molecule has 0 radical (unpaired) electrons. The van der Waals surface area contributed by atoms with Gasteiger partial charge < -0.3 is 10.0 Å². The van der Waals surface area contributed by atoms with Crippen LogP contribution in [0.5, 0.6) is 0 Å². The molecule has 0 amide bonds. The highest BCUT2D eigenvalue weighted by Crippen LogP contribution is 2.29. The molecule has 1 N–H and O–H groups in total. The molecule has 0 aliphatic carbocycles. The number of nitrogens with zero attached hydrogens (tertiary/aromatic N) is 3. The minimum Gasteiger partial charge on any atom is -0.388 e. The summed E-state index contributed by atoms with van der Waals surface area (Å²) in [5, 5.41) is 10.6. The van der Waals surface area contributed by atoms with E-state index in [1.165, 1.54) is 6.33 Å². The van der Waals surface area contributed by atoms with Gasteiger partial charge in [-0.15, -0.1) is 0 Å². The summed E-state index contributed by atoms with van der Waals surface area (Å²) in [4.78, 5) is 10.4. The number of hydrogen-bond donors (Lipinski definition) is 1. The molecule has 0 saturated carbocycles. The number of hydrogen-bond acceptors (Lipinski definition) is 4. The van der Waals surface area contributed by atoms with E-state index in [0.29, 0.717) is 11.7 Å². The summed E-state index contributed by atoms with van der Waals surface area (Å²) in [6.45, 7) is 5.42. The fraction of sp³-hybridized carbons (Fsp3) is 0.667. The summed E-state index contributed by atoms with van der Waals surface area (Å²) >= 11 is 6.08. The van der Waals surface area contributed by atoms with Crippen molar-refractivity contribution in [1.82, 2.24) is 9.97 Å². The molecule has 0 spiro atoms. The van der Waals surface area contributed by atoms with E-state index in [0.717, 1.165) is 37.2 Å². The average Bonchev–Trinajstić information content (AvgIpc) is 2.27. The van der Waals surface area contributed by atoms with Crippen molar-refractivity contribution < 1.29 is 5.11 Å². The Bertz CT molecular complexity index is 409. The minimum atomic E-state index is -0.638. The number of piperidine rings is 1. The van der Waals surface area contributed by atoms with Gasteiger partial charge >= 0.3 is 0 Å². The van der Waals surface area contributed by atoms with E-state index in [-0.39, 0.29) is 0 Å². The molecule has 0 aromatic carbocycles. The van der Waals surface area contributed by atoms with Gasteiger partial charge in [-0.1, -0.05) is 18.5 Å². The first-order chi connectivity index (χ1) is 8.03. The van der Waals surface area contributed by atoms with Crippen LogP contribution in [0.2, 0.25) is 5.15 Å². The van der Waals surface area contributed by atoms with Crippen molar-refractivity contribution in [3.63, 3.8) is 0 Å². The van der Waals surface area contributed by atoms with Crippen molar-refractivity contribution in [1.29, 1.82) is 0 Å². The first-order valence-corrected chi connectivity index (χ1v) is 6.38. The molecule has 1 aliphatic rings. The highest BCUT2D eigenvalue weighted by Gasteiger charge is 2.30. The number of anilines is 1. The predicted molar refractivity (Wildman–Crippen MR) is 68.5 cm³/mol. The molecular weight excluding hydrogens is 238 g/mol. The van der Waals surface area contributed by atoms with Crippen molar-refractivity contribution in [2.45, 2.75) is 38.7 Å². The van der Waals surface area contributed by atoms with Gasteiger partial charge in [0, 0.05) is 18.7 Å². The van der Waals surface area contributed by atoms with Crippen LogP contribution in [0.1, 0.15) is 32.3 Å². The summed E-state index contributed by atoms with van der Waals surface area (Å²) in [6.07, 6.45) is 4.09. The lowest BCUT2D eigenvalue weighted by molar-refractivity contribution is 0.0446. The Hall–Kier alpha value is -0.870. The van der Waals surface area contributed by atoms with Gasteiger partial charge in [0.2, 0.25) is 0 Å². The van der Waals surface area contributed by atoms with Crippen LogP contribution in [0, 0.1) is 0 Å². The molecule has 5 heteroatoms. The molecule has 94 valence electrons. The molecule has 4 nitrogen and oxygen atoms in total. The molecular formula is C12H18ClN3O. The smallest absolute Gasteiger partial charge is 0.137 e. The number of aliphatic hydroxyl groups is 1. The quantitative estimate of drug-likeness (QED) is 0.822. The van der Waals surface area contributed by atoms with Crippen LogP contribution in [-0.2, 0) is 6.42 Å². The van der Waals surface area contributed by atoms with Crippen LogP contribution in [0.3, 0.4) is 0 Å². The van der Waals surface area contributed by atoms with Crippen LogP contribution in [0.15, 0.2) is 6.33 Å². The average molecular weight is 256 g/mol. The van der Waals surface area contributed by atoms with E-state index in [2.05, 4.69) is 14.9 Å². The molecule has 1 aliphatic heterocycles. The van der Waals surface area contributed by atoms with Crippen LogP contribution < -0.4 is 4.90 Å². The molecule has 1 aromatic heterocycles. The summed E-state index contributed by atoms with van der Waals surface area (Å²) in [5.41, 5.74) is 0.326. The zero-order valence-corrected chi connectivity index (χ0v) is 11.0. The Morgan fingerprint density at radius 2 is 2.29 bits per heavy atom. The third kappa shape index (κ3) is 2.69. The minimum absolute atomic E-state index is 0.516. The van der Waals surface area contributed by atoms with Gasteiger partial charge in [0.1, 0.15) is 17.3 Å². The summed E-state index contributed by atoms with van der Waals surface area (Å²) in [5.74, 6) is 0.868. The molecule has 1 unspecified atom stereocenters. The van der Waals surface area contributed by atoms with E-state index in [1.54, 1.807) is 0 Å². The van der Waals surface area contributed by atoms with Gasteiger partial charge in [-0.2, -0.15) is 0 Å². The highest BCUT2D eigenvalue weighted by molar-refractivity contribution is 6.30. The molecule has 1 atom stereocenters. The van der Waals surface area contributed by atoms with Gasteiger partial charge in [-0.05, 0) is 26.2 Å². The van der Waals surface area contributed by atoms with Crippen molar-refractivity contribution in [2.24, 2.45) is 0 Å². The third-order valence-corrected chi connectivity index (χ3v) is 3.52. The first-order valence-electron chi connectivity index (χ1n) is 6.00. The van der Waals surface area contributed by atoms with Gasteiger partial charge in [-0.3, -0.25) is 0 Å². The SMILES string of the molecule is CCc1c(Cl)ncnc1N1CCCC(C)(O)C1. The molecule has 0 bridgehead atoms. The lowest BCUT2D eigenvalue weighted by Gasteiger charge is -2.38. The van der Waals surface area contributed by atoms with Crippen molar-refractivity contribution >= 4 is 17.4 Å². The van der Waals surface area contributed by atoms with Crippen LogP contribution in [-0.4, -0.2) is 33.8 Å². The Labute approximate surface area is 107 Å². The second-order valence-corrected chi connectivity index (χ2v) is 5.20. The van der Waals surface area contributed by atoms with Gasteiger partial charge in [0.15, 0.2) is 0 Å². The Morgan fingerprint density at radius 1 is 1.53 bits per heavy atom. The molecule has 1 saturated heterocycles. The van der Waals surface area contributed by atoms with Crippen LogP contribution in [0.4, 0.5) is 5.82 Å². The van der Waals surface area contributed by atoms with Gasteiger partial charge in [0.25, 0.3) is 0 Å². The topological polar surface area (TPSA) is 49.2 Å². The second kappa shape index (κ2) is 4.78. The largest absolute Gasteiger partial charge is 0.388 e. The maximum Gasteiger partial charge on any atom is 0.137 e. The fourth-order valence-electron chi connectivity index (χ4n) is 2.36. The zero-order valence-electron chi connectivity index (χ0n) is 10.3. The summed E-state index contributed by atoms with van der Waals surface area (Å²) in [6, 6.07) is 0. The maximum atomic E-state index is 10.1. The van der Waals surface area contributed by atoms with E-state index in [1.807, 2.05) is 13.8 Å². The Morgan fingerprint density at radius 3 is 2.94 bits per heavy atom. The number of aromatic nitrogens is 2. The third-order valence-electron chi connectivity index (χ3n) is 3.20. The Balaban J connectivity index is 2.30. The predicted octanol–water partition coefficient (Wildman–Crippen LogP) is 2.04. The number of rotatable bonds is 2. The number of β-amino-alcohol motifs (C(OH)–C–C–N with tert-alkyl or cyclic N) is 1. The normalized spacial score (nSPS) is 25.1. The highest BCUT2D eigenvalue weighted by atomic mass is 35.5. The van der Waals surface area contributed by atoms with Crippen LogP contribution >= 0.6 is 11.6 Å². The molecule has 2 rings (SSSR count). The summed E-state index contributed by atoms with van der Waals surface area (Å²) in [7, 11) is 0. The lowest BCUT2D eigenvalue weighted by atomic mass is 9.95. The second-order valence-electron chi connectivity index (χ2n) is 4.84. The first kappa shape index (κ1) is 12.6. The van der Waals surface area contributed by atoms with Crippen molar-refractivity contribution in [3.05, 3.63) is 17.0 Å². The standard InChI is InChI=1S/C12H18ClN3O/c1-3-9-10(13)14-8-15-11(9)16-6-4-5-12(2,17)7-16/h8,17H,3-7H2,1-2H3. The van der Waals surface area contributed by atoms with Crippen LogP contribution in [0.25, 0.3) is 0 Å². The Kier molecular flexibility index (Phi) is 3.54. The summed E-state index contributed by atoms with van der Waals surface area (Å²) < 4.78 is 0. The van der Waals surface area contributed by atoms with Gasteiger partial charge in [-0.25, -0.2) is 9.97 Å². The van der Waals surface area contributed by atoms with E-state index < -0.39 is 5.60 Å². The van der Waals surface area contributed by atoms with Gasteiger partial charge in [0.05, 0.1) is 5.60 Å². The monoisotopic (exact) mass is 255 g/mol. The maximum absolute atomic E-state index is 10.1. The number of halogens is 1. The van der Waals surface area contributed by atoms with E-state index in [9.17, 15) is 5.11 Å². The van der Waals surface area contributed by atoms with Crippen molar-refractivity contribution in [3.8, 4) is 0 Å². The van der Waals surface area contributed by atoms with Crippen molar-refractivity contribution in [2.75, 3.05) is 18.0 Å². The molecule has 1 aromatic rings. The van der Waals surface area contributed by atoms with E-state index in [4.69, 9.17) is 11.6 Å². The molecule has 1 fully saturated rings. The zero-order chi connectivity index (χ0) is 12.5. The molecule has 2 heterocycles. The fourth-order valence-corrected chi connectivity index (χ4v) is 2.62. The lowest BCUT2D eigenvalue weighted by Crippen LogP contribution is -2.46.